The maximum atomic E-state index is 12.2. The molecule has 3 nitrogen and oxygen atoms in total. The van der Waals surface area contributed by atoms with E-state index in [1.807, 2.05) is 0 Å². The van der Waals surface area contributed by atoms with Crippen LogP contribution < -0.4 is 0 Å². The molecule has 1 aliphatic carbocycles. The number of hydrogen-bond donors (Lipinski definition) is 1. The maximum Gasteiger partial charge on any atom is 0.237 e. The molecule has 0 amide bonds. The number of carbonyl (C=O) groups excluding carboxylic acids is 2. The summed E-state index contributed by atoms with van der Waals surface area (Å²) in [4.78, 5) is 24.3. The Hall–Kier alpha value is -2.39. The van der Waals surface area contributed by atoms with Gasteiger partial charge in [-0.15, -0.1) is 0 Å². The number of ketones is 2. The zero-order valence-electron chi connectivity index (χ0n) is 10.3. The molecule has 1 N–H and O–H groups in total. The van der Waals surface area contributed by atoms with E-state index in [9.17, 15) is 14.7 Å². The Morgan fingerprint density at radius 3 is 2.05 bits per heavy atom. The second-order valence-electron chi connectivity index (χ2n) is 4.43. The number of fused-ring (bicyclic) bond motifs is 1. The molecule has 4 heteroatoms. The summed E-state index contributed by atoms with van der Waals surface area (Å²) >= 11 is 5.80. The number of rotatable bonds is 1. The summed E-state index contributed by atoms with van der Waals surface area (Å²) in [7, 11) is 0. The molecule has 0 aliphatic heterocycles. The van der Waals surface area contributed by atoms with Crippen LogP contribution in [0.4, 0.5) is 0 Å². The van der Waals surface area contributed by atoms with Gasteiger partial charge in [0.1, 0.15) is 5.76 Å². The highest BCUT2D eigenvalue weighted by molar-refractivity contribution is 6.62. The molecule has 0 bridgehead atoms. The fraction of sp³-hybridized carbons (Fsp3) is 0. The number of allylic oxidation sites excluding steroid dienone is 1. The third-order valence-corrected chi connectivity index (χ3v) is 3.48. The van der Waals surface area contributed by atoms with E-state index >= 15 is 0 Å². The van der Waals surface area contributed by atoms with Gasteiger partial charge in [0.2, 0.25) is 11.6 Å². The van der Waals surface area contributed by atoms with Crippen molar-refractivity contribution in [3.63, 3.8) is 0 Å². The Morgan fingerprint density at radius 1 is 0.800 bits per heavy atom. The fourth-order valence-electron chi connectivity index (χ4n) is 2.25. The molecule has 0 fully saturated rings. The minimum absolute atomic E-state index is 0.0189. The molecule has 0 aromatic heterocycles. The first-order valence-corrected chi connectivity index (χ1v) is 6.35. The molecule has 98 valence electrons. The third-order valence-electron chi connectivity index (χ3n) is 3.23. The van der Waals surface area contributed by atoms with Gasteiger partial charge in [-0.3, -0.25) is 9.59 Å². The Kier molecular flexibility index (Phi) is 2.92. The van der Waals surface area contributed by atoms with Crippen LogP contribution in [0.3, 0.4) is 0 Å². The summed E-state index contributed by atoms with van der Waals surface area (Å²) in [5.41, 5.74) is 1.10. The first-order chi connectivity index (χ1) is 9.59. The van der Waals surface area contributed by atoms with Crippen LogP contribution in [-0.4, -0.2) is 16.7 Å². The van der Waals surface area contributed by atoms with Crippen molar-refractivity contribution in [2.45, 2.75) is 0 Å². The van der Waals surface area contributed by atoms with Gasteiger partial charge in [-0.25, -0.2) is 0 Å². The van der Waals surface area contributed by atoms with E-state index in [-0.39, 0.29) is 16.9 Å². The zero-order chi connectivity index (χ0) is 14.3. The predicted molar refractivity (Wildman–Crippen MR) is 76.7 cm³/mol. The van der Waals surface area contributed by atoms with Crippen LogP contribution in [0.2, 0.25) is 5.02 Å². The number of Topliss-reactive ketones (excluding diaryl/α,β-unsaturated/α-hetero) is 2. The number of aliphatic hydroxyl groups is 1. The normalized spacial score (nSPS) is 14.4. The molecule has 0 heterocycles. The Balaban J connectivity index is 2.26. The maximum absolute atomic E-state index is 12.2. The lowest BCUT2D eigenvalue weighted by Crippen LogP contribution is -2.23. The van der Waals surface area contributed by atoms with Crippen LogP contribution in [0.5, 0.6) is 0 Å². The standard InChI is InChI=1S/C16H9ClO3/c17-10-7-5-9(6-8-10)13-14(18)11-3-1-2-4-12(11)15(19)16(13)20/h1-8,18H. The van der Waals surface area contributed by atoms with Crippen molar-refractivity contribution in [2.24, 2.45) is 0 Å². The largest absolute Gasteiger partial charge is 0.506 e. The van der Waals surface area contributed by atoms with Crippen LogP contribution in [0.15, 0.2) is 48.5 Å². The number of hydrogen-bond acceptors (Lipinski definition) is 3. The molecule has 0 atom stereocenters. The van der Waals surface area contributed by atoms with Gasteiger partial charge in [-0.2, -0.15) is 0 Å². The highest BCUT2D eigenvalue weighted by atomic mass is 35.5. The van der Waals surface area contributed by atoms with Gasteiger partial charge in [0.25, 0.3) is 0 Å². The van der Waals surface area contributed by atoms with Crippen molar-refractivity contribution in [3.8, 4) is 0 Å². The topological polar surface area (TPSA) is 54.4 Å². The summed E-state index contributed by atoms with van der Waals surface area (Å²) in [6, 6.07) is 12.9. The summed E-state index contributed by atoms with van der Waals surface area (Å²) < 4.78 is 0. The van der Waals surface area contributed by atoms with Crippen LogP contribution in [0.1, 0.15) is 21.5 Å². The van der Waals surface area contributed by atoms with Crippen molar-refractivity contribution in [3.05, 3.63) is 70.2 Å². The summed E-state index contributed by atoms with van der Waals surface area (Å²) in [6.07, 6.45) is 0. The van der Waals surface area contributed by atoms with Crippen molar-refractivity contribution in [1.82, 2.24) is 0 Å². The van der Waals surface area contributed by atoms with Crippen LogP contribution in [0, 0.1) is 0 Å². The fourth-order valence-corrected chi connectivity index (χ4v) is 2.38. The molecular formula is C16H9ClO3. The molecule has 0 saturated carbocycles. The zero-order valence-corrected chi connectivity index (χ0v) is 11.0. The molecule has 0 radical (unpaired) electrons. The molecule has 2 aromatic rings. The SMILES string of the molecule is O=C1C(=O)c2ccccc2C(O)=C1c1ccc(Cl)cc1. The van der Waals surface area contributed by atoms with E-state index in [2.05, 4.69) is 0 Å². The molecule has 0 saturated heterocycles. The van der Waals surface area contributed by atoms with E-state index in [4.69, 9.17) is 11.6 Å². The first-order valence-electron chi connectivity index (χ1n) is 5.97. The van der Waals surface area contributed by atoms with Gasteiger partial charge in [-0.05, 0) is 17.7 Å². The van der Waals surface area contributed by atoms with Gasteiger partial charge in [0.15, 0.2) is 0 Å². The Bertz CT molecular complexity index is 758. The number of halogens is 1. The average molecular weight is 285 g/mol. The highest BCUT2D eigenvalue weighted by Gasteiger charge is 2.33. The van der Waals surface area contributed by atoms with Gasteiger partial charge in [0.05, 0.1) is 5.57 Å². The second kappa shape index (κ2) is 4.62. The van der Waals surface area contributed by atoms with Crippen molar-refractivity contribution < 1.29 is 14.7 Å². The first kappa shape index (κ1) is 12.6. The van der Waals surface area contributed by atoms with Crippen molar-refractivity contribution in [1.29, 1.82) is 0 Å². The summed E-state index contributed by atoms with van der Waals surface area (Å²) in [5.74, 6) is -1.49. The van der Waals surface area contributed by atoms with E-state index < -0.39 is 11.6 Å². The minimum atomic E-state index is -0.705. The van der Waals surface area contributed by atoms with E-state index in [1.165, 1.54) is 6.07 Å². The van der Waals surface area contributed by atoms with Gasteiger partial charge < -0.3 is 5.11 Å². The van der Waals surface area contributed by atoms with Crippen LogP contribution in [-0.2, 0) is 4.79 Å². The molecule has 0 unspecified atom stereocenters. The number of aliphatic hydroxyl groups excluding tert-OH is 1. The lowest BCUT2D eigenvalue weighted by molar-refractivity contribution is -0.110. The minimum Gasteiger partial charge on any atom is -0.506 e. The lowest BCUT2D eigenvalue weighted by Gasteiger charge is -2.17. The van der Waals surface area contributed by atoms with E-state index in [0.717, 1.165) is 0 Å². The van der Waals surface area contributed by atoms with Gasteiger partial charge in [0, 0.05) is 16.1 Å². The quantitative estimate of drug-likeness (QED) is 0.815. The van der Waals surface area contributed by atoms with E-state index in [1.54, 1.807) is 42.5 Å². The predicted octanol–water partition coefficient (Wildman–Crippen LogP) is 3.53. The average Bonchev–Trinajstić information content (AvgIpc) is 2.47. The molecule has 2 aromatic carbocycles. The molecule has 20 heavy (non-hydrogen) atoms. The third kappa shape index (κ3) is 1.84. The van der Waals surface area contributed by atoms with Crippen molar-refractivity contribution >= 4 is 34.5 Å². The summed E-state index contributed by atoms with van der Waals surface area (Å²) in [5, 5.41) is 10.8. The number of benzene rings is 2. The molecule has 3 rings (SSSR count). The van der Waals surface area contributed by atoms with Crippen LogP contribution >= 0.6 is 11.6 Å². The van der Waals surface area contributed by atoms with Crippen molar-refractivity contribution in [2.75, 3.05) is 0 Å². The van der Waals surface area contributed by atoms with Gasteiger partial charge >= 0.3 is 0 Å². The highest BCUT2D eigenvalue weighted by Crippen LogP contribution is 2.33. The van der Waals surface area contributed by atoms with E-state index in [0.29, 0.717) is 16.1 Å². The summed E-state index contributed by atoms with van der Waals surface area (Å²) in [6.45, 7) is 0. The van der Waals surface area contributed by atoms with Crippen LogP contribution in [0.25, 0.3) is 11.3 Å². The smallest absolute Gasteiger partial charge is 0.237 e. The monoisotopic (exact) mass is 284 g/mol. The Morgan fingerprint density at radius 2 is 1.40 bits per heavy atom. The number of carbonyl (C=O) groups is 2. The molecule has 0 spiro atoms. The molecule has 1 aliphatic rings. The van der Waals surface area contributed by atoms with Gasteiger partial charge in [-0.1, -0.05) is 48.0 Å². The molecular weight excluding hydrogens is 276 g/mol. The second-order valence-corrected chi connectivity index (χ2v) is 4.87. The Labute approximate surface area is 120 Å². The lowest BCUT2D eigenvalue weighted by atomic mass is 9.85.